The standard InChI is InChI=1S/C9H17NO3/c11-6-8-3-10(4-8)5-9-1-2-12-7-13-9/h8-9,11H,1-7H2. The number of hydrogen-bond donors (Lipinski definition) is 1. The van der Waals surface area contributed by atoms with E-state index in [2.05, 4.69) is 4.90 Å². The molecule has 0 aromatic carbocycles. The molecule has 2 fully saturated rings. The first-order valence-electron chi connectivity index (χ1n) is 4.91. The van der Waals surface area contributed by atoms with Crippen LogP contribution >= 0.6 is 0 Å². The summed E-state index contributed by atoms with van der Waals surface area (Å²) in [4.78, 5) is 2.33. The van der Waals surface area contributed by atoms with Crippen LogP contribution in [0.3, 0.4) is 0 Å². The van der Waals surface area contributed by atoms with Crippen LogP contribution in [-0.2, 0) is 9.47 Å². The highest BCUT2D eigenvalue weighted by Gasteiger charge is 2.28. The molecule has 13 heavy (non-hydrogen) atoms. The highest BCUT2D eigenvalue weighted by atomic mass is 16.7. The van der Waals surface area contributed by atoms with Gasteiger partial charge >= 0.3 is 0 Å². The summed E-state index contributed by atoms with van der Waals surface area (Å²) in [5, 5.41) is 8.83. The van der Waals surface area contributed by atoms with Crippen molar-refractivity contribution in [1.29, 1.82) is 0 Å². The molecule has 2 aliphatic heterocycles. The van der Waals surface area contributed by atoms with Gasteiger partial charge in [-0.1, -0.05) is 0 Å². The van der Waals surface area contributed by atoms with Crippen molar-refractivity contribution in [2.24, 2.45) is 5.92 Å². The van der Waals surface area contributed by atoms with Crippen molar-refractivity contribution in [2.75, 3.05) is 39.6 Å². The molecule has 2 rings (SSSR count). The predicted molar refractivity (Wildman–Crippen MR) is 47.3 cm³/mol. The van der Waals surface area contributed by atoms with E-state index in [9.17, 15) is 0 Å². The third-order valence-corrected chi connectivity index (χ3v) is 2.72. The third-order valence-electron chi connectivity index (χ3n) is 2.72. The van der Waals surface area contributed by atoms with E-state index >= 15 is 0 Å². The third kappa shape index (κ3) is 2.40. The van der Waals surface area contributed by atoms with E-state index in [0.29, 0.717) is 25.4 Å². The summed E-state index contributed by atoms with van der Waals surface area (Å²) < 4.78 is 10.5. The monoisotopic (exact) mass is 187 g/mol. The smallest absolute Gasteiger partial charge is 0.147 e. The minimum Gasteiger partial charge on any atom is -0.396 e. The molecule has 0 amide bonds. The second-order valence-corrected chi connectivity index (χ2v) is 3.87. The molecule has 4 nitrogen and oxygen atoms in total. The zero-order chi connectivity index (χ0) is 9.10. The predicted octanol–water partition coefficient (Wildman–Crippen LogP) is -0.326. The van der Waals surface area contributed by atoms with Gasteiger partial charge in [-0.2, -0.15) is 0 Å². The molecule has 2 saturated heterocycles. The summed E-state index contributed by atoms with van der Waals surface area (Å²) in [6.45, 7) is 4.64. The van der Waals surface area contributed by atoms with Crippen molar-refractivity contribution >= 4 is 0 Å². The van der Waals surface area contributed by atoms with Gasteiger partial charge in [0.1, 0.15) is 6.79 Å². The Morgan fingerprint density at radius 3 is 2.85 bits per heavy atom. The van der Waals surface area contributed by atoms with Crippen molar-refractivity contribution in [3.63, 3.8) is 0 Å². The normalized spacial score (nSPS) is 31.6. The van der Waals surface area contributed by atoms with Gasteiger partial charge in [0.25, 0.3) is 0 Å². The Balaban J connectivity index is 1.62. The summed E-state index contributed by atoms with van der Waals surface area (Å²) in [6, 6.07) is 0. The second-order valence-electron chi connectivity index (χ2n) is 3.87. The molecule has 1 atom stereocenters. The van der Waals surface area contributed by atoms with Gasteiger partial charge in [0.05, 0.1) is 12.7 Å². The van der Waals surface area contributed by atoms with Gasteiger partial charge in [-0.3, -0.25) is 4.90 Å². The lowest BCUT2D eigenvalue weighted by atomic mass is 10.0. The molecule has 1 unspecified atom stereocenters. The average Bonchev–Trinajstić information content (AvgIpc) is 2.12. The van der Waals surface area contributed by atoms with Crippen molar-refractivity contribution in [3.8, 4) is 0 Å². The van der Waals surface area contributed by atoms with Gasteiger partial charge in [0.15, 0.2) is 0 Å². The summed E-state index contributed by atoms with van der Waals surface area (Å²) in [7, 11) is 0. The Bertz CT molecular complexity index is 153. The number of hydrogen-bond acceptors (Lipinski definition) is 4. The fourth-order valence-electron chi connectivity index (χ4n) is 1.87. The van der Waals surface area contributed by atoms with Crippen LogP contribution in [0.25, 0.3) is 0 Å². The van der Waals surface area contributed by atoms with E-state index in [0.717, 1.165) is 32.7 Å². The number of aliphatic hydroxyl groups is 1. The van der Waals surface area contributed by atoms with E-state index in [1.807, 2.05) is 0 Å². The van der Waals surface area contributed by atoms with Gasteiger partial charge in [-0.25, -0.2) is 0 Å². The molecule has 0 aliphatic carbocycles. The lowest BCUT2D eigenvalue weighted by molar-refractivity contribution is -0.150. The molecule has 4 heteroatoms. The van der Waals surface area contributed by atoms with Crippen LogP contribution in [-0.4, -0.2) is 55.8 Å². The Labute approximate surface area is 78.4 Å². The van der Waals surface area contributed by atoms with E-state index in [1.54, 1.807) is 0 Å². The Kier molecular flexibility index (Phi) is 3.16. The van der Waals surface area contributed by atoms with Crippen LogP contribution in [0.5, 0.6) is 0 Å². The van der Waals surface area contributed by atoms with Crippen molar-refractivity contribution in [1.82, 2.24) is 4.90 Å². The molecule has 2 heterocycles. The van der Waals surface area contributed by atoms with E-state index in [4.69, 9.17) is 14.6 Å². The first-order chi connectivity index (χ1) is 6.38. The van der Waals surface area contributed by atoms with Gasteiger partial charge in [0, 0.05) is 32.2 Å². The van der Waals surface area contributed by atoms with Gasteiger partial charge in [-0.15, -0.1) is 0 Å². The molecule has 0 spiro atoms. The van der Waals surface area contributed by atoms with E-state index in [-0.39, 0.29) is 0 Å². The highest BCUT2D eigenvalue weighted by Crippen LogP contribution is 2.17. The number of nitrogens with zero attached hydrogens (tertiary/aromatic N) is 1. The molecule has 76 valence electrons. The maximum atomic E-state index is 8.83. The molecule has 0 bridgehead atoms. The number of rotatable bonds is 3. The zero-order valence-electron chi connectivity index (χ0n) is 7.82. The van der Waals surface area contributed by atoms with Crippen LogP contribution in [0.15, 0.2) is 0 Å². The van der Waals surface area contributed by atoms with Crippen molar-refractivity contribution < 1.29 is 14.6 Å². The van der Waals surface area contributed by atoms with Gasteiger partial charge < -0.3 is 14.6 Å². The minimum absolute atomic E-state index is 0.325. The molecule has 0 aromatic heterocycles. The van der Waals surface area contributed by atoms with Crippen LogP contribution in [0.2, 0.25) is 0 Å². The summed E-state index contributed by atoms with van der Waals surface area (Å²) >= 11 is 0. The van der Waals surface area contributed by atoms with Crippen LogP contribution in [0.4, 0.5) is 0 Å². The fraction of sp³-hybridized carbons (Fsp3) is 1.00. The first kappa shape index (κ1) is 9.40. The summed E-state index contributed by atoms with van der Waals surface area (Å²) in [5.41, 5.74) is 0. The average molecular weight is 187 g/mol. The Morgan fingerprint density at radius 1 is 1.38 bits per heavy atom. The lowest BCUT2D eigenvalue weighted by Crippen LogP contribution is -2.51. The van der Waals surface area contributed by atoms with Crippen LogP contribution < -0.4 is 0 Å². The van der Waals surface area contributed by atoms with Crippen LogP contribution in [0.1, 0.15) is 6.42 Å². The molecular formula is C9H17NO3. The zero-order valence-corrected chi connectivity index (χ0v) is 7.82. The number of likely N-dealkylation sites (tertiary alicyclic amines) is 1. The van der Waals surface area contributed by atoms with Crippen LogP contribution in [0, 0.1) is 5.92 Å². The SMILES string of the molecule is OCC1CN(CC2CCOCO2)C1. The molecule has 2 aliphatic rings. The molecule has 0 radical (unpaired) electrons. The Hall–Kier alpha value is -0.160. The van der Waals surface area contributed by atoms with E-state index in [1.165, 1.54) is 0 Å². The molecular weight excluding hydrogens is 170 g/mol. The molecule has 0 aromatic rings. The Morgan fingerprint density at radius 2 is 2.23 bits per heavy atom. The molecule has 0 saturated carbocycles. The largest absolute Gasteiger partial charge is 0.396 e. The topological polar surface area (TPSA) is 41.9 Å². The minimum atomic E-state index is 0.325. The van der Waals surface area contributed by atoms with Crippen molar-refractivity contribution in [3.05, 3.63) is 0 Å². The maximum absolute atomic E-state index is 8.83. The lowest BCUT2D eigenvalue weighted by Gasteiger charge is -2.40. The second kappa shape index (κ2) is 4.37. The summed E-state index contributed by atoms with van der Waals surface area (Å²) in [5.74, 6) is 0.500. The number of aliphatic hydroxyl groups excluding tert-OH is 1. The maximum Gasteiger partial charge on any atom is 0.147 e. The number of ether oxygens (including phenoxy) is 2. The molecule has 1 N–H and O–H groups in total. The van der Waals surface area contributed by atoms with E-state index < -0.39 is 0 Å². The van der Waals surface area contributed by atoms with Gasteiger partial charge in [-0.05, 0) is 6.42 Å². The quantitative estimate of drug-likeness (QED) is 0.657. The fourth-order valence-corrected chi connectivity index (χ4v) is 1.87. The van der Waals surface area contributed by atoms with Crippen molar-refractivity contribution in [2.45, 2.75) is 12.5 Å². The summed E-state index contributed by atoms with van der Waals surface area (Å²) in [6.07, 6.45) is 1.34. The van der Waals surface area contributed by atoms with Gasteiger partial charge in [0.2, 0.25) is 0 Å². The first-order valence-corrected chi connectivity index (χ1v) is 4.91. The highest BCUT2D eigenvalue weighted by molar-refractivity contribution is 4.81.